The normalized spacial score (nSPS) is 16.9. The SMILES string of the molecule is NC(N)=NC(=O)CC1c2ccc(C(F)(F)F)cc2C(=O)N1CCCC(F)(F)F. The Labute approximate surface area is 155 Å². The van der Waals surface area contributed by atoms with Gasteiger partial charge in [0.2, 0.25) is 0 Å². The monoisotopic (exact) mass is 410 g/mol. The predicted octanol–water partition coefficient (Wildman–Crippen LogP) is 2.73. The quantitative estimate of drug-likeness (QED) is 0.443. The molecule has 0 spiro atoms. The van der Waals surface area contributed by atoms with E-state index in [1.807, 2.05) is 0 Å². The topological polar surface area (TPSA) is 102 Å². The summed E-state index contributed by atoms with van der Waals surface area (Å²) >= 11 is 0. The van der Waals surface area contributed by atoms with Gasteiger partial charge in [-0.25, -0.2) is 0 Å². The molecule has 2 rings (SSSR count). The van der Waals surface area contributed by atoms with Gasteiger partial charge in [0, 0.05) is 18.5 Å². The molecule has 1 aliphatic rings. The molecule has 0 bridgehead atoms. The van der Waals surface area contributed by atoms with Crippen LogP contribution in [0.4, 0.5) is 26.3 Å². The van der Waals surface area contributed by atoms with E-state index in [9.17, 15) is 35.9 Å². The summed E-state index contributed by atoms with van der Waals surface area (Å²) in [6, 6.07) is 1.34. The fraction of sp³-hybridized carbons (Fsp3) is 0.438. The molecule has 4 N–H and O–H groups in total. The lowest BCUT2D eigenvalue weighted by Crippen LogP contribution is -2.31. The van der Waals surface area contributed by atoms with Crippen LogP contribution in [0.3, 0.4) is 0 Å². The summed E-state index contributed by atoms with van der Waals surface area (Å²) in [5, 5.41) is 0. The first-order valence-electron chi connectivity index (χ1n) is 8.01. The Morgan fingerprint density at radius 3 is 2.32 bits per heavy atom. The number of fused-ring (bicyclic) bond motifs is 1. The van der Waals surface area contributed by atoms with Crippen LogP contribution in [-0.4, -0.2) is 35.4 Å². The number of alkyl halides is 6. The Balaban J connectivity index is 2.34. The minimum atomic E-state index is -4.71. The average molecular weight is 410 g/mol. The van der Waals surface area contributed by atoms with Gasteiger partial charge in [-0.05, 0) is 24.1 Å². The molecule has 154 valence electrons. The molecule has 1 atom stereocenters. The predicted molar refractivity (Wildman–Crippen MR) is 85.9 cm³/mol. The van der Waals surface area contributed by atoms with Crippen LogP contribution >= 0.6 is 0 Å². The lowest BCUT2D eigenvalue weighted by atomic mass is 9.99. The lowest BCUT2D eigenvalue weighted by molar-refractivity contribution is -0.138. The van der Waals surface area contributed by atoms with E-state index in [0.717, 1.165) is 17.0 Å². The minimum Gasteiger partial charge on any atom is -0.370 e. The van der Waals surface area contributed by atoms with E-state index in [0.29, 0.717) is 6.07 Å². The van der Waals surface area contributed by atoms with Gasteiger partial charge in [0.25, 0.3) is 11.8 Å². The largest absolute Gasteiger partial charge is 0.416 e. The summed E-state index contributed by atoms with van der Waals surface area (Å²) in [5.41, 5.74) is 8.90. The molecule has 1 unspecified atom stereocenters. The molecule has 0 saturated heterocycles. The van der Waals surface area contributed by atoms with Crippen molar-refractivity contribution in [1.82, 2.24) is 4.90 Å². The first kappa shape index (κ1) is 21.5. The summed E-state index contributed by atoms with van der Waals surface area (Å²) in [4.78, 5) is 28.6. The molecule has 28 heavy (non-hydrogen) atoms. The molecule has 12 heteroatoms. The number of benzene rings is 1. The number of nitrogens with two attached hydrogens (primary N) is 2. The zero-order valence-electron chi connectivity index (χ0n) is 14.3. The first-order valence-corrected chi connectivity index (χ1v) is 8.01. The van der Waals surface area contributed by atoms with Gasteiger partial charge in [-0.1, -0.05) is 6.07 Å². The van der Waals surface area contributed by atoms with Crippen molar-refractivity contribution in [3.05, 3.63) is 34.9 Å². The van der Waals surface area contributed by atoms with Gasteiger partial charge in [-0.15, -0.1) is 0 Å². The Bertz CT molecular complexity index is 799. The smallest absolute Gasteiger partial charge is 0.370 e. The van der Waals surface area contributed by atoms with Crippen LogP contribution in [0.25, 0.3) is 0 Å². The highest BCUT2D eigenvalue weighted by Crippen LogP contribution is 2.40. The fourth-order valence-corrected chi connectivity index (χ4v) is 2.95. The number of rotatable bonds is 5. The molecule has 1 heterocycles. The van der Waals surface area contributed by atoms with Crippen molar-refractivity contribution in [3.63, 3.8) is 0 Å². The highest BCUT2D eigenvalue weighted by Gasteiger charge is 2.40. The fourth-order valence-electron chi connectivity index (χ4n) is 2.95. The third-order valence-electron chi connectivity index (χ3n) is 4.09. The number of halogens is 6. The van der Waals surface area contributed by atoms with Crippen LogP contribution in [0.1, 0.15) is 46.8 Å². The van der Waals surface area contributed by atoms with Crippen molar-refractivity contribution in [2.45, 2.75) is 37.7 Å². The number of amides is 2. The number of carbonyl (C=O) groups is 2. The molecule has 0 aromatic heterocycles. The van der Waals surface area contributed by atoms with Gasteiger partial charge >= 0.3 is 12.4 Å². The molecule has 0 saturated carbocycles. The maximum Gasteiger partial charge on any atom is 0.416 e. The van der Waals surface area contributed by atoms with Crippen molar-refractivity contribution in [2.75, 3.05) is 6.54 Å². The Hall–Kier alpha value is -2.79. The minimum absolute atomic E-state index is 0.101. The Morgan fingerprint density at radius 2 is 1.79 bits per heavy atom. The zero-order chi connectivity index (χ0) is 21.3. The van der Waals surface area contributed by atoms with Crippen molar-refractivity contribution in [2.24, 2.45) is 16.5 Å². The standard InChI is InChI=1S/C16H16F6N4O2/c17-15(18,19)4-1-5-26-11(7-12(27)25-14(23)24)9-3-2-8(16(20,21)22)6-10(9)13(26)28/h2-3,6,11H,1,4-5,7H2,(H4,23,24,25,27). The van der Waals surface area contributed by atoms with Crippen molar-refractivity contribution in [1.29, 1.82) is 0 Å². The molecule has 0 radical (unpaired) electrons. The van der Waals surface area contributed by atoms with Crippen LogP contribution in [0.5, 0.6) is 0 Å². The second-order valence-electron chi connectivity index (χ2n) is 6.17. The summed E-state index contributed by atoms with van der Waals surface area (Å²) in [6.45, 7) is -0.395. The number of hydrogen-bond donors (Lipinski definition) is 2. The summed E-state index contributed by atoms with van der Waals surface area (Å²) in [7, 11) is 0. The number of nitrogens with zero attached hydrogens (tertiary/aromatic N) is 2. The van der Waals surface area contributed by atoms with Crippen molar-refractivity contribution in [3.8, 4) is 0 Å². The Kier molecular flexibility index (Phi) is 5.90. The van der Waals surface area contributed by atoms with Crippen LogP contribution in [-0.2, 0) is 11.0 Å². The van der Waals surface area contributed by atoms with E-state index >= 15 is 0 Å². The Morgan fingerprint density at radius 1 is 1.14 bits per heavy atom. The van der Waals surface area contributed by atoms with Crippen LogP contribution in [0.15, 0.2) is 23.2 Å². The molecular formula is C16H16F6N4O2. The third-order valence-corrected chi connectivity index (χ3v) is 4.09. The summed E-state index contributed by atoms with van der Waals surface area (Å²) < 4.78 is 75.9. The van der Waals surface area contributed by atoms with Crippen molar-refractivity contribution >= 4 is 17.8 Å². The van der Waals surface area contributed by atoms with E-state index in [2.05, 4.69) is 4.99 Å². The molecule has 0 fully saturated rings. The van der Waals surface area contributed by atoms with Gasteiger partial charge in [-0.2, -0.15) is 31.3 Å². The van der Waals surface area contributed by atoms with Crippen LogP contribution in [0.2, 0.25) is 0 Å². The number of aliphatic imine (C=N–C) groups is 1. The van der Waals surface area contributed by atoms with E-state index in [-0.39, 0.29) is 11.1 Å². The van der Waals surface area contributed by atoms with Gasteiger partial charge in [0.1, 0.15) is 0 Å². The number of guanidine groups is 1. The lowest BCUT2D eigenvalue weighted by Gasteiger charge is -2.24. The molecule has 1 aliphatic heterocycles. The van der Waals surface area contributed by atoms with E-state index in [4.69, 9.17) is 11.5 Å². The highest BCUT2D eigenvalue weighted by atomic mass is 19.4. The summed E-state index contributed by atoms with van der Waals surface area (Å²) in [6.07, 6.45) is -11.3. The molecule has 1 aromatic carbocycles. The van der Waals surface area contributed by atoms with E-state index in [1.54, 1.807) is 0 Å². The number of carbonyl (C=O) groups excluding carboxylic acids is 2. The average Bonchev–Trinajstić information content (AvgIpc) is 2.77. The van der Waals surface area contributed by atoms with Gasteiger partial charge in [0.05, 0.1) is 18.0 Å². The van der Waals surface area contributed by atoms with Crippen LogP contribution < -0.4 is 11.5 Å². The van der Waals surface area contributed by atoms with E-state index in [1.165, 1.54) is 0 Å². The zero-order valence-corrected chi connectivity index (χ0v) is 14.3. The van der Waals surface area contributed by atoms with Gasteiger partial charge in [-0.3, -0.25) is 9.59 Å². The first-order chi connectivity index (χ1) is 12.8. The maximum atomic E-state index is 12.9. The number of hydrogen-bond acceptors (Lipinski definition) is 2. The molecule has 2 amide bonds. The molecule has 0 aliphatic carbocycles. The molecular weight excluding hydrogens is 394 g/mol. The summed E-state index contributed by atoms with van der Waals surface area (Å²) in [5.74, 6) is -2.29. The van der Waals surface area contributed by atoms with Crippen molar-refractivity contribution < 1.29 is 35.9 Å². The van der Waals surface area contributed by atoms with Gasteiger partial charge in [0.15, 0.2) is 5.96 Å². The van der Waals surface area contributed by atoms with Gasteiger partial charge < -0.3 is 16.4 Å². The van der Waals surface area contributed by atoms with Crippen LogP contribution in [0, 0.1) is 0 Å². The highest BCUT2D eigenvalue weighted by molar-refractivity contribution is 6.00. The molecule has 6 nitrogen and oxygen atoms in total. The second kappa shape index (κ2) is 7.68. The maximum absolute atomic E-state index is 12.9. The second-order valence-corrected chi connectivity index (χ2v) is 6.17. The van der Waals surface area contributed by atoms with E-state index < -0.39 is 67.5 Å². The third kappa shape index (κ3) is 5.14. The molecule has 1 aromatic rings.